The van der Waals surface area contributed by atoms with Crippen LogP contribution in [0.15, 0.2) is 42.0 Å². The fourth-order valence-electron chi connectivity index (χ4n) is 3.56. The minimum atomic E-state index is -0.425. The van der Waals surface area contributed by atoms with Crippen LogP contribution in [-0.2, 0) is 6.54 Å². The molecule has 0 spiro atoms. The number of aliphatic hydroxyl groups is 1. The molecule has 6 nitrogen and oxygen atoms in total. The Morgan fingerprint density at radius 1 is 1.04 bits per heavy atom. The summed E-state index contributed by atoms with van der Waals surface area (Å²) in [6.45, 7) is 4.58. The molecule has 0 aliphatic carbocycles. The maximum absolute atomic E-state index is 9.96. The molecule has 2 aliphatic heterocycles. The smallest absolute Gasteiger partial charge is 0.231 e. The van der Waals surface area contributed by atoms with Crippen LogP contribution in [0.25, 0.3) is 6.08 Å². The number of ether oxygens (including phenoxy) is 4. The first kappa shape index (κ1) is 18.7. The zero-order valence-corrected chi connectivity index (χ0v) is 16.2. The van der Waals surface area contributed by atoms with E-state index in [1.54, 1.807) is 14.0 Å². The summed E-state index contributed by atoms with van der Waals surface area (Å²) >= 11 is 0. The Hall–Kier alpha value is -2.70. The number of methoxy groups -OCH3 is 1. The van der Waals surface area contributed by atoms with Crippen molar-refractivity contribution in [2.24, 2.45) is 0 Å². The summed E-state index contributed by atoms with van der Waals surface area (Å²) in [5.74, 6) is 3.22. The second-order valence-electron chi connectivity index (χ2n) is 7.20. The first-order chi connectivity index (χ1) is 13.6. The lowest BCUT2D eigenvalue weighted by molar-refractivity contribution is 0.126. The van der Waals surface area contributed by atoms with Gasteiger partial charge in [0.1, 0.15) is 18.1 Å². The Kier molecular flexibility index (Phi) is 5.41. The summed E-state index contributed by atoms with van der Waals surface area (Å²) in [5, 5.41) is 9.96. The van der Waals surface area contributed by atoms with E-state index in [0.29, 0.717) is 26.2 Å². The van der Waals surface area contributed by atoms with Gasteiger partial charge < -0.3 is 24.1 Å². The van der Waals surface area contributed by atoms with Gasteiger partial charge in [0, 0.05) is 25.2 Å². The molecule has 2 aromatic carbocycles. The molecule has 2 aromatic rings. The highest BCUT2D eigenvalue weighted by Gasteiger charge is 2.18. The summed E-state index contributed by atoms with van der Waals surface area (Å²) in [5.41, 5.74) is 3.28. The lowest BCUT2D eigenvalue weighted by Gasteiger charge is -2.27. The Morgan fingerprint density at radius 2 is 1.86 bits per heavy atom. The second-order valence-corrected chi connectivity index (χ2v) is 7.20. The van der Waals surface area contributed by atoms with Crippen molar-refractivity contribution in [1.29, 1.82) is 0 Å². The van der Waals surface area contributed by atoms with Gasteiger partial charge in [-0.15, -0.1) is 0 Å². The summed E-state index contributed by atoms with van der Waals surface area (Å²) in [6.07, 6.45) is 1.72. The number of aliphatic hydroxyl groups excluding tert-OH is 1. The Morgan fingerprint density at radius 3 is 2.68 bits per heavy atom. The summed E-state index contributed by atoms with van der Waals surface area (Å²) < 4.78 is 22.1. The number of benzene rings is 2. The van der Waals surface area contributed by atoms with E-state index in [9.17, 15) is 5.11 Å². The molecule has 0 radical (unpaired) electrons. The van der Waals surface area contributed by atoms with Crippen molar-refractivity contribution >= 4 is 6.08 Å². The Labute approximate surface area is 164 Å². The molecule has 1 atom stereocenters. The highest BCUT2D eigenvalue weighted by Crippen LogP contribution is 2.33. The number of nitrogens with zero attached hydrogens (tertiary/aromatic N) is 1. The van der Waals surface area contributed by atoms with Gasteiger partial charge in [0.05, 0.1) is 13.2 Å². The fraction of sp³-hybridized carbons (Fsp3) is 0.364. The highest BCUT2D eigenvalue weighted by molar-refractivity contribution is 5.64. The standard InChI is InChI=1S/C22H25NO5/c1-15(24)10-23(11-16-3-5-21-22(8-16)28-14-27-21)12-17-7-18-9-19(25-2)4-6-20(18)26-13-17/h3-9,15,24H,10-14H2,1-2H3. The summed E-state index contributed by atoms with van der Waals surface area (Å²) in [6, 6.07) is 11.8. The van der Waals surface area contributed by atoms with E-state index in [1.165, 1.54) is 0 Å². The van der Waals surface area contributed by atoms with Crippen LogP contribution in [-0.4, -0.2) is 49.7 Å². The third-order valence-corrected chi connectivity index (χ3v) is 4.78. The second kappa shape index (κ2) is 8.12. The van der Waals surface area contributed by atoms with E-state index in [-0.39, 0.29) is 6.79 Å². The molecule has 1 unspecified atom stereocenters. The lowest BCUT2D eigenvalue weighted by Crippen LogP contribution is -2.33. The van der Waals surface area contributed by atoms with E-state index in [0.717, 1.165) is 39.7 Å². The van der Waals surface area contributed by atoms with Crippen LogP contribution in [0.4, 0.5) is 0 Å². The molecular weight excluding hydrogens is 358 g/mol. The average molecular weight is 383 g/mol. The quantitative estimate of drug-likeness (QED) is 0.793. The van der Waals surface area contributed by atoms with Crippen LogP contribution in [0, 0.1) is 0 Å². The van der Waals surface area contributed by atoms with E-state index in [2.05, 4.69) is 11.0 Å². The van der Waals surface area contributed by atoms with Gasteiger partial charge in [-0.05, 0) is 54.5 Å². The van der Waals surface area contributed by atoms with Gasteiger partial charge in [0.15, 0.2) is 11.5 Å². The largest absolute Gasteiger partial charge is 0.497 e. The van der Waals surface area contributed by atoms with E-state index >= 15 is 0 Å². The molecule has 28 heavy (non-hydrogen) atoms. The van der Waals surface area contributed by atoms with Gasteiger partial charge >= 0.3 is 0 Å². The Bertz CT molecular complexity index is 877. The minimum Gasteiger partial charge on any atom is -0.497 e. The van der Waals surface area contributed by atoms with Gasteiger partial charge in [-0.25, -0.2) is 0 Å². The van der Waals surface area contributed by atoms with Crippen LogP contribution in [0.5, 0.6) is 23.0 Å². The fourth-order valence-corrected chi connectivity index (χ4v) is 3.56. The zero-order valence-electron chi connectivity index (χ0n) is 16.2. The van der Waals surface area contributed by atoms with Gasteiger partial charge in [0.25, 0.3) is 0 Å². The third kappa shape index (κ3) is 4.24. The average Bonchev–Trinajstić information content (AvgIpc) is 3.14. The number of fused-ring (bicyclic) bond motifs is 2. The van der Waals surface area contributed by atoms with E-state index < -0.39 is 6.10 Å². The molecule has 0 saturated carbocycles. The van der Waals surface area contributed by atoms with Crippen molar-refractivity contribution in [3.05, 3.63) is 53.1 Å². The SMILES string of the molecule is COc1ccc2c(c1)C=C(CN(Cc1ccc3c(c1)OCO3)CC(C)O)CO2. The molecule has 0 saturated heterocycles. The molecule has 2 heterocycles. The molecule has 148 valence electrons. The molecule has 0 bridgehead atoms. The van der Waals surface area contributed by atoms with Gasteiger partial charge in [-0.3, -0.25) is 4.90 Å². The summed E-state index contributed by atoms with van der Waals surface area (Å²) in [7, 11) is 1.66. The molecule has 2 aliphatic rings. The monoisotopic (exact) mass is 383 g/mol. The normalized spacial score (nSPS) is 15.6. The topological polar surface area (TPSA) is 60.4 Å². The third-order valence-electron chi connectivity index (χ3n) is 4.78. The number of hydrogen-bond acceptors (Lipinski definition) is 6. The van der Waals surface area contributed by atoms with Gasteiger partial charge in [0.2, 0.25) is 6.79 Å². The highest BCUT2D eigenvalue weighted by atomic mass is 16.7. The number of hydrogen-bond donors (Lipinski definition) is 1. The molecule has 0 fully saturated rings. The van der Waals surface area contributed by atoms with E-state index in [4.69, 9.17) is 18.9 Å². The molecule has 0 aromatic heterocycles. The van der Waals surface area contributed by atoms with Crippen molar-refractivity contribution in [2.75, 3.05) is 33.6 Å². The molecule has 0 amide bonds. The van der Waals surface area contributed by atoms with Crippen molar-refractivity contribution in [2.45, 2.75) is 19.6 Å². The van der Waals surface area contributed by atoms with Crippen molar-refractivity contribution < 1.29 is 24.1 Å². The van der Waals surface area contributed by atoms with Gasteiger partial charge in [-0.1, -0.05) is 6.07 Å². The van der Waals surface area contributed by atoms with Crippen molar-refractivity contribution in [1.82, 2.24) is 4.90 Å². The lowest BCUT2D eigenvalue weighted by atomic mass is 10.1. The molecule has 6 heteroatoms. The minimum absolute atomic E-state index is 0.267. The first-order valence-electron chi connectivity index (χ1n) is 9.40. The van der Waals surface area contributed by atoms with Crippen LogP contribution in [0.1, 0.15) is 18.1 Å². The van der Waals surface area contributed by atoms with Crippen LogP contribution in [0.2, 0.25) is 0 Å². The number of rotatable bonds is 7. The van der Waals surface area contributed by atoms with Crippen LogP contribution in [0.3, 0.4) is 0 Å². The van der Waals surface area contributed by atoms with E-state index in [1.807, 2.05) is 36.4 Å². The van der Waals surface area contributed by atoms with Gasteiger partial charge in [-0.2, -0.15) is 0 Å². The maximum Gasteiger partial charge on any atom is 0.231 e. The van der Waals surface area contributed by atoms with Crippen molar-refractivity contribution in [3.63, 3.8) is 0 Å². The molecule has 1 N–H and O–H groups in total. The summed E-state index contributed by atoms with van der Waals surface area (Å²) in [4.78, 5) is 2.21. The molecular formula is C22H25NO5. The van der Waals surface area contributed by atoms with Crippen molar-refractivity contribution in [3.8, 4) is 23.0 Å². The van der Waals surface area contributed by atoms with Crippen LogP contribution < -0.4 is 18.9 Å². The first-order valence-corrected chi connectivity index (χ1v) is 9.40. The van der Waals surface area contributed by atoms with Crippen LogP contribution >= 0.6 is 0 Å². The maximum atomic E-state index is 9.96. The zero-order chi connectivity index (χ0) is 19.5. The predicted molar refractivity (Wildman–Crippen MR) is 106 cm³/mol. The Balaban J connectivity index is 1.51. The molecule has 4 rings (SSSR count). The predicted octanol–water partition coefficient (Wildman–Crippen LogP) is 3.08.